The zero-order valence-corrected chi connectivity index (χ0v) is 16.7. The van der Waals surface area contributed by atoms with Crippen molar-refractivity contribution >= 4 is 34.2 Å². The number of aromatic carboxylic acids is 1. The molecule has 7 nitrogen and oxygen atoms in total. The van der Waals surface area contributed by atoms with Gasteiger partial charge in [0.25, 0.3) is 0 Å². The Kier molecular flexibility index (Phi) is 4.43. The number of nitrogen functional groups attached to an aromatic ring is 2. The van der Waals surface area contributed by atoms with Crippen molar-refractivity contribution in [3.05, 3.63) is 77.5 Å². The first-order chi connectivity index (χ1) is 15.0. The number of nitrogens with two attached hydrogens (primary N) is 2. The van der Waals surface area contributed by atoms with Crippen molar-refractivity contribution in [1.29, 1.82) is 0 Å². The van der Waals surface area contributed by atoms with Crippen LogP contribution in [-0.2, 0) is 13.0 Å². The van der Waals surface area contributed by atoms with Crippen LogP contribution in [0.5, 0.6) is 0 Å². The van der Waals surface area contributed by atoms with Gasteiger partial charge in [-0.1, -0.05) is 30.3 Å². The predicted molar refractivity (Wildman–Crippen MR) is 122 cm³/mol. The van der Waals surface area contributed by atoms with E-state index in [-0.39, 0.29) is 5.95 Å². The molecule has 2 heterocycles. The van der Waals surface area contributed by atoms with Crippen LogP contribution >= 0.6 is 0 Å². The van der Waals surface area contributed by atoms with Gasteiger partial charge < -0.3 is 21.5 Å². The number of hydrogen-bond donors (Lipinski definition) is 3. The maximum absolute atomic E-state index is 11.3. The molecular weight excluding hydrogens is 390 g/mol. The van der Waals surface area contributed by atoms with Crippen molar-refractivity contribution in [2.45, 2.75) is 13.0 Å². The molecule has 4 aromatic rings. The molecule has 1 aromatic heterocycles. The number of benzene rings is 3. The van der Waals surface area contributed by atoms with Crippen LogP contribution in [0, 0.1) is 0 Å². The minimum Gasteiger partial charge on any atom is -0.478 e. The lowest BCUT2D eigenvalue weighted by Gasteiger charge is -2.20. The van der Waals surface area contributed by atoms with Gasteiger partial charge in [-0.25, -0.2) is 9.78 Å². The third-order valence-corrected chi connectivity index (χ3v) is 5.79. The molecule has 0 unspecified atom stereocenters. The van der Waals surface area contributed by atoms with E-state index in [4.69, 9.17) is 11.5 Å². The summed E-state index contributed by atoms with van der Waals surface area (Å²) in [5, 5.41) is 11.2. The maximum Gasteiger partial charge on any atom is 0.335 e. The number of carboxylic acid groups (broad SMARTS) is 1. The summed E-state index contributed by atoms with van der Waals surface area (Å²) in [5.74, 6) is -0.329. The topological polar surface area (TPSA) is 118 Å². The van der Waals surface area contributed by atoms with Crippen LogP contribution in [-0.4, -0.2) is 27.6 Å². The SMILES string of the molecule is Nc1ncc(CN2CCc3cc(-c4cccc5cc(C(=O)O)ccc45)ccc32)c(N)n1. The smallest absolute Gasteiger partial charge is 0.335 e. The molecule has 1 aliphatic heterocycles. The van der Waals surface area contributed by atoms with Gasteiger partial charge in [-0.05, 0) is 58.1 Å². The van der Waals surface area contributed by atoms with E-state index in [9.17, 15) is 9.90 Å². The molecule has 7 heteroatoms. The molecule has 5 N–H and O–H groups in total. The largest absolute Gasteiger partial charge is 0.478 e. The van der Waals surface area contributed by atoms with Crippen molar-refractivity contribution < 1.29 is 9.90 Å². The third kappa shape index (κ3) is 3.40. The summed E-state index contributed by atoms with van der Waals surface area (Å²) in [5.41, 5.74) is 17.4. The first kappa shape index (κ1) is 18.9. The van der Waals surface area contributed by atoms with Gasteiger partial charge in [0, 0.05) is 30.5 Å². The molecule has 1 aliphatic rings. The molecule has 0 saturated carbocycles. The van der Waals surface area contributed by atoms with Gasteiger partial charge in [0.2, 0.25) is 5.95 Å². The number of carbonyl (C=O) groups is 1. The first-order valence-corrected chi connectivity index (χ1v) is 10.0. The molecule has 0 amide bonds. The van der Waals surface area contributed by atoms with Crippen molar-refractivity contribution in [2.24, 2.45) is 0 Å². The zero-order valence-electron chi connectivity index (χ0n) is 16.7. The van der Waals surface area contributed by atoms with Crippen LogP contribution in [0.1, 0.15) is 21.5 Å². The second-order valence-electron chi connectivity index (χ2n) is 7.70. The van der Waals surface area contributed by atoms with Crippen LogP contribution in [0.25, 0.3) is 21.9 Å². The van der Waals surface area contributed by atoms with Gasteiger partial charge >= 0.3 is 5.97 Å². The summed E-state index contributed by atoms with van der Waals surface area (Å²) < 4.78 is 0. The summed E-state index contributed by atoms with van der Waals surface area (Å²) in [6.45, 7) is 1.52. The average molecular weight is 411 g/mol. The lowest BCUT2D eigenvalue weighted by atomic mass is 9.95. The summed E-state index contributed by atoms with van der Waals surface area (Å²) in [4.78, 5) is 21.7. The molecule has 3 aromatic carbocycles. The van der Waals surface area contributed by atoms with Crippen molar-refractivity contribution in [1.82, 2.24) is 9.97 Å². The molecule has 0 bridgehead atoms. The van der Waals surface area contributed by atoms with E-state index in [2.05, 4.69) is 39.1 Å². The van der Waals surface area contributed by atoms with Crippen molar-refractivity contribution in [2.75, 3.05) is 22.9 Å². The van der Waals surface area contributed by atoms with E-state index in [1.54, 1.807) is 18.3 Å². The summed E-state index contributed by atoms with van der Waals surface area (Å²) >= 11 is 0. The lowest BCUT2D eigenvalue weighted by Crippen LogP contribution is -2.21. The Morgan fingerprint density at radius 1 is 1.10 bits per heavy atom. The molecular formula is C24H21N5O2. The van der Waals surface area contributed by atoms with E-state index in [1.165, 1.54) is 11.3 Å². The second-order valence-corrected chi connectivity index (χ2v) is 7.70. The Hall–Kier alpha value is -4.13. The standard InChI is InChI=1S/C24H21N5O2/c25-22-18(12-27-24(26)28-22)13-29-9-8-16-10-15(5-7-21(16)29)19-3-1-2-14-11-17(23(30)31)4-6-20(14)19/h1-7,10-12H,8-9,13H2,(H,30,31)(H4,25,26,27,28). The monoisotopic (exact) mass is 411 g/mol. The van der Waals surface area contributed by atoms with Crippen molar-refractivity contribution in [3.8, 4) is 11.1 Å². The minimum atomic E-state index is -0.919. The Labute approximate surface area is 179 Å². The van der Waals surface area contributed by atoms with E-state index in [1.807, 2.05) is 18.2 Å². The Morgan fingerprint density at radius 3 is 2.77 bits per heavy atom. The molecule has 0 radical (unpaired) electrons. The van der Waals surface area contributed by atoms with Gasteiger partial charge in [0.15, 0.2) is 0 Å². The fourth-order valence-corrected chi connectivity index (χ4v) is 4.23. The zero-order chi connectivity index (χ0) is 21.5. The van der Waals surface area contributed by atoms with Crippen LogP contribution in [0.15, 0.2) is 60.8 Å². The summed E-state index contributed by atoms with van der Waals surface area (Å²) in [6.07, 6.45) is 2.62. The fourth-order valence-electron chi connectivity index (χ4n) is 4.23. The number of nitrogens with zero attached hydrogens (tertiary/aromatic N) is 3. The number of hydrogen-bond acceptors (Lipinski definition) is 6. The molecule has 154 valence electrons. The Bertz CT molecular complexity index is 1340. The van der Waals surface area contributed by atoms with E-state index >= 15 is 0 Å². The van der Waals surface area contributed by atoms with Gasteiger partial charge in [0.1, 0.15) is 5.82 Å². The summed E-state index contributed by atoms with van der Waals surface area (Å²) in [6, 6.07) is 17.7. The first-order valence-electron chi connectivity index (χ1n) is 10.0. The second kappa shape index (κ2) is 7.28. The highest BCUT2D eigenvalue weighted by Gasteiger charge is 2.21. The fraction of sp³-hybridized carbons (Fsp3) is 0.125. The number of rotatable bonds is 4. The van der Waals surface area contributed by atoms with E-state index < -0.39 is 5.97 Å². The Morgan fingerprint density at radius 2 is 1.97 bits per heavy atom. The average Bonchev–Trinajstić information content (AvgIpc) is 3.16. The van der Waals surface area contributed by atoms with E-state index in [0.717, 1.165) is 40.4 Å². The lowest BCUT2D eigenvalue weighted by molar-refractivity contribution is 0.0697. The van der Waals surface area contributed by atoms with Gasteiger partial charge in [-0.2, -0.15) is 4.98 Å². The van der Waals surface area contributed by atoms with Crippen molar-refractivity contribution in [3.63, 3.8) is 0 Å². The molecule has 31 heavy (non-hydrogen) atoms. The highest BCUT2D eigenvalue weighted by atomic mass is 16.4. The van der Waals surface area contributed by atoms with Crippen LogP contribution < -0.4 is 16.4 Å². The highest BCUT2D eigenvalue weighted by molar-refractivity contribution is 6.01. The van der Waals surface area contributed by atoms with Crippen LogP contribution in [0.3, 0.4) is 0 Å². The van der Waals surface area contributed by atoms with E-state index in [0.29, 0.717) is 17.9 Å². The molecule has 5 rings (SSSR count). The molecule has 0 atom stereocenters. The normalized spacial score (nSPS) is 12.8. The van der Waals surface area contributed by atoms with Gasteiger partial charge in [-0.3, -0.25) is 0 Å². The number of anilines is 3. The molecule has 0 fully saturated rings. The minimum absolute atomic E-state index is 0.179. The maximum atomic E-state index is 11.3. The van der Waals surface area contributed by atoms with Gasteiger partial charge in [-0.15, -0.1) is 0 Å². The highest BCUT2D eigenvalue weighted by Crippen LogP contribution is 2.36. The molecule has 0 spiro atoms. The predicted octanol–water partition coefficient (Wildman–Crippen LogP) is 3.72. The summed E-state index contributed by atoms with van der Waals surface area (Å²) in [7, 11) is 0. The van der Waals surface area contributed by atoms with Crippen LogP contribution in [0.4, 0.5) is 17.5 Å². The number of carboxylic acids is 1. The van der Waals surface area contributed by atoms with Crippen LogP contribution in [0.2, 0.25) is 0 Å². The quantitative estimate of drug-likeness (QED) is 0.468. The Balaban J connectivity index is 1.48. The molecule has 0 aliphatic carbocycles. The number of aromatic nitrogens is 2. The molecule has 0 saturated heterocycles. The third-order valence-electron chi connectivity index (χ3n) is 5.79. The van der Waals surface area contributed by atoms with Gasteiger partial charge in [0.05, 0.1) is 5.56 Å². The number of fused-ring (bicyclic) bond motifs is 2.